The molecule has 1 unspecified atom stereocenters. The third-order valence-electron chi connectivity index (χ3n) is 2.74. The highest BCUT2D eigenvalue weighted by atomic mass is 19.4. The van der Waals surface area contributed by atoms with Gasteiger partial charge in [-0.05, 0) is 35.4 Å². The van der Waals surface area contributed by atoms with Gasteiger partial charge in [0.05, 0.1) is 17.8 Å². The zero-order valence-electron chi connectivity index (χ0n) is 9.96. The van der Waals surface area contributed by atoms with Crippen LogP contribution >= 0.6 is 0 Å². The van der Waals surface area contributed by atoms with Crippen molar-refractivity contribution in [3.8, 4) is 0 Å². The summed E-state index contributed by atoms with van der Waals surface area (Å²) in [5.41, 5.74) is 4.18. The molecule has 1 heterocycles. The minimum atomic E-state index is -4.68. The third-order valence-corrected chi connectivity index (χ3v) is 2.74. The van der Waals surface area contributed by atoms with E-state index >= 15 is 0 Å². The van der Waals surface area contributed by atoms with Crippen LogP contribution in [0.1, 0.15) is 22.7 Å². The number of hydrogen-bond donors (Lipinski definition) is 1. The summed E-state index contributed by atoms with van der Waals surface area (Å²) in [4.78, 5) is 3.52. The van der Waals surface area contributed by atoms with Crippen molar-refractivity contribution in [2.75, 3.05) is 0 Å². The van der Waals surface area contributed by atoms with E-state index in [4.69, 9.17) is 5.73 Å². The fourth-order valence-corrected chi connectivity index (χ4v) is 1.83. The maximum Gasteiger partial charge on any atom is 0.416 e. The third kappa shape index (κ3) is 2.93. The van der Waals surface area contributed by atoms with Crippen molar-refractivity contribution in [1.29, 1.82) is 0 Å². The van der Waals surface area contributed by atoms with Crippen molar-refractivity contribution in [3.05, 3.63) is 65.0 Å². The van der Waals surface area contributed by atoms with Crippen molar-refractivity contribution in [2.24, 2.45) is 5.73 Å². The standard InChI is InChI=1S/C13H9F5N2/c14-8-1-2-11(13(16,17)18)10(4-8)12(19)7-3-9(15)6-20-5-7/h1-6,12H,19H2. The largest absolute Gasteiger partial charge is 0.416 e. The Morgan fingerprint density at radius 2 is 1.70 bits per heavy atom. The van der Waals surface area contributed by atoms with Crippen LogP contribution in [0.5, 0.6) is 0 Å². The lowest BCUT2D eigenvalue weighted by Crippen LogP contribution is -2.19. The van der Waals surface area contributed by atoms with Gasteiger partial charge in [-0.1, -0.05) is 0 Å². The van der Waals surface area contributed by atoms with Crippen LogP contribution in [-0.4, -0.2) is 4.98 Å². The van der Waals surface area contributed by atoms with E-state index in [9.17, 15) is 22.0 Å². The lowest BCUT2D eigenvalue weighted by molar-refractivity contribution is -0.138. The fraction of sp³-hybridized carbons (Fsp3) is 0.154. The minimum absolute atomic E-state index is 0.0288. The van der Waals surface area contributed by atoms with Gasteiger partial charge in [-0.3, -0.25) is 4.98 Å². The van der Waals surface area contributed by atoms with Crippen LogP contribution < -0.4 is 5.73 Å². The monoisotopic (exact) mass is 288 g/mol. The first kappa shape index (κ1) is 14.4. The minimum Gasteiger partial charge on any atom is -0.320 e. The number of aromatic nitrogens is 1. The molecule has 0 aliphatic heterocycles. The lowest BCUT2D eigenvalue weighted by atomic mass is 9.95. The van der Waals surface area contributed by atoms with Gasteiger partial charge in [-0.15, -0.1) is 0 Å². The summed E-state index contributed by atoms with van der Waals surface area (Å²) in [6, 6.07) is 1.63. The van der Waals surface area contributed by atoms with Crippen molar-refractivity contribution < 1.29 is 22.0 Å². The molecule has 2 rings (SSSR count). The second kappa shape index (κ2) is 5.16. The van der Waals surface area contributed by atoms with Gasteiger partial charge >= 0.3 is 6.18 Å². The molecule has 0 fully saturated rings. The van der Waals surface area contributed by atoms with Crippen molar-refractivity contribution in [3.63, 3.8) is 0 Å². The molecule has 0 radical (unpaired) electrons. The van der Waals surface area contributed by atoms with Gasteiger partial charge in [0.2, 0.25) is 0 Å². The van der Waals surface area contributed by atoms with E-state index < -0.39 is 35.0 Å². The second-order valence-corrected chi connectivity index (χ2v) is 4.14. The predicted molar refractivity (Wildman–Crippen MR) is 61.6 cm³/mol. The van der Waals surface area contributed by atoms with Crippen LogP contribution in [0, 0.1) is 11.6 Å². The Morgan fingerprint density at radius 3 is 2.30 bits per heavy atom. The maximum absolute atomic E-state index is 13.2. The molecule has 106 valence electrons. The van der Waals surface area contributed by atoms with E-state index in [0.717, 1.165) is 18.5 Å². The highest BCUT2D eigenvalue weighted by molar-refractivity contribution is 5.38. The number of nitrogens with two attached hydrogens (primary N) is 1. The summed E-state index contributed by atoms with van der Waals surface area (Å²) in [6.45, 7) is 0. The average Bonchev–Trinajstić information content (AvgIpc) is 2.36. The van der Waals surface area contributed by atoms with Gasteiger partial charge in [0.25, 0.3) is 0 Å². The second-order valence-electron chi connectivity index (χ2n) is 4.14. The highest BCUT2D eigenvalue weighted by Crippen LogP contribution is 2.36. The van der Waals surface area contributed by atoms with Gasteiger partial charge in [-0.25, -0.2) is 8.78 Å². The summed E-state index contributed by atoms with van der Waals surface area (Å²) in [6.07, 6.45) is -2.65. The molecule has 20 heavy (non-hydrogen) atoms. The van der Waals surface area contributed by atoms with Crippen LogP contribution in [0.4, 0.5) is 22.0 Å². The molecule has 1 atom stereocenters. The molecule has 0 aliphatic carbocycles. The number of benzene rings is 1. The van der Waals surface area contributed by atoms with Gasteiger partial charge in [0.1, 0.15) is 11.6 Å². The maximum atomic E-state index is 13.2. The Labute approximate surface area is 111 Å². The van der Waals surface area contributed by atoms with E-state index in [1.165, 1.54) is 0 Å². The SMILES string of the molecule is NC(c1cncc(F)c1)c1cc(F)ccc1C(F)(F)F. The summed E-state index contributed by atoms with van der Waals surface area (Å²) in [5.74, 6) is -1.59. The molecule has 0 aliphatic rings. The quantitative estimate of drug-likeness (QED) is 0.860. The Kier molecular flexibility index (Phi) is 3.71. The first-order valence-corrected chi connectivity index (χ1v) is 5.51. The smallest absolute Gasteiger partial charge is 0.320 e. The summed E-state index contributed by atoms with van der Waals surface area (Å²) >= 11 is 0. The molecule has 2 nitrogen and oxygen atoms in total. The molecular formula is C13H9F5N2. The summed E-state index contributed by atoms with van der Waals surface area (Å²) in [7, 11) is 0. The molecule has 0 saturated heterocycles. The van der Waals surface area contributed by atoms with Gasteiger partial charge in [0.15, 0.2) is 0 Å². The fourth-order valence-electron chi connectivity index (χ4n) is 1.83. The highest BCUT2D eigenvalue weighted by Gasteiger charge is 2.35. The normalized spacial score (nSPS) is 13.3. The molecule has 0 saturated carbocycles. The van der Waals surface area contributed by atoms with Crippen LogP contribution in [-0.2, 0) is 6.18 Å². The Bertz CT molecular complexity index is 624. The number of nitrogens with zero attached hydrogens (tertiary/aromatic N) is 1. The Morgan fingerprint density at radius 1 is 1.00 bits per heavy atom. The van der Waals surface area contributed by atoms with E-state index in [0.29, 0.717) is 18.2 Å². The number of alkyl halides is 3. The predicted octanol–water partition coefficient (Wildman–Crippen LogP) is 3.43. The van der Waals surface area contributed by atoms with Crippen LogP contribution in [0.25, 0.3) is 0 Å². The Balaban J connectivity index is 2.54. The molecule has 2 N–H and O–H groups in total. The van der Waals surface area contributed by atoms with Crippen LogP contribution in [0.15, 0.2) is 36.7 Å². The topological polar surface area (TPSA) is 38.9 Å². The zero-order valence-corrected chi connectivity index (χ0v) is 9.96. The van der Waals surface area contributed by atoms with E-state index in [2.05, 4.69) is 4.98 Å². The molecule has 1 aromatic carbocycles. The van der Waals surface area contributed by atoms with Crippen molar-refractivity contribution in [1.82, 2.24) is 4.98 Å². The molecule has 2 aromatic rings. The number of hydrogen-bond acceptors (Lipinski definition) is 2. The van der Waals surface area contributed by atoms with E-state index in [1.807, 2.05) is 0 Å². The summed E-state index contributed by atoms with van der Waals surface area (Å²) in [5, 5.41) is 0. The Hall–Kier alpha value is -2.02. The molecule has 0 spiro atoms. The number of rotatable bonds is 2. The molecule has 0 bridgehead atoms. The molecular weight excluding hydrogens is 279 g/mol. The summed E-state index contributed by atoms with van der Waals surface area (Å²) < 4.78 is 64.8. The molecule has 0 amide bonds. The lowest BCUT2D eigenvalue weighted by Gasteiger charge is -2.18. The van der Waals surface area contributed by atoms with Gasteiger partial charge < -0.3 is 5.73 Å². The molecule has 1 aromatic heterocycles. The number of pyridine rings is 1. The number of halogens is 5. The molecule has 7 heteroatoms. The van der Waals surface area contributed by atoms with Crippen LogP contribution in [0.3, 0.4) is 0 Å². The van der Waals surface area contributed by atoms with E-state index in [1.54, 1.807) is 0 Å². The van der Waals surface area contributed by atoms with Gasteiger partial charge in [0, 0.05) is 6.20 Å². The first-order valence-electron chi connectivity index (χ1n) is 5.51. The van der Waals surface area contributed by atoms with Crippen molar-refractivity contribution in [2.45, 2.75) is 12.2 Å². The van der Waals surface area contributed by atoms with E-state index in [-0.39, 0.29) is 5.56 Å². The van der Waals surface area contributed by atoms with Gasteiger partial charge in [-0.2, -0.15) is 13.2 Å². The van der Waals surface area contributed by atoms with Crippen molar-refractivity contribution >= 4 is 0 Å². The first-order chi connectivity index (χ1) is 9.29. The average molecular weight is 288 g/mol. The zero-order chi connectivity index (χ0) is 14.9. The van der Waals surface area contributed by atoms with Crippen LogP contribution in [0.2, 0.25) is 0 Å².